The summed E-state index contributed by atoms with van der Waals surface area (Å²) in [4.78, 5) is 0.239. The molecule has 0 spiro atoms. The molecular weight excluding hydrogens is 338 g/mol. The molecule has 0 saturated carbocycles. The smallest absolute Gasteiger partial charge is 0.243 e. The van der Waals surface area contributed by atoms with E-state index in [0.717, 1.165) is 24.8 Å². The van der Waals surface area contributed by atoms with Crippen molar-refractivity contribution in [3.8, 4) is 11.5 Å². The van der Waals surface area contributed by atoms with E-state index in [-0.39, 0.29) is 10.9 Å². The third kappa shape index (κ3) is 2.89. The summed E-state index contributed by atoms with van der Waals surface area (Å²) in [6, 6.07) is 12.8. The highest BCUT2D eigenvalue weighted by atomic mass is 32.2. The van der Waals surface area contributed by atoms with Crippen molar-refractivity contribution in [1.82, 2.24) is 4.31 Å². The van der Waals surface area contributed by atoms with Crippen LogP contribution in [0.1, 0.15) is 30.0 Å². The lowest BCUT2D eigenvalue weighted by atomic mass is 10.1. The van der Waals surface area contributed by atoms with Crippen LogP contribution in [-0.4, -0.2) is 33.0 Å². The van der Waals surface area contributed by atoms with Crippen LogP contribution in [0.5, 0.6) is 11.5 Å². The van der Waals surface area contributed by atoms with Gasteiger partial charge in [0.1, 0.15) is 0 Å². The van der Waals surface area contributed by atoms with E-state index >= 15 is 0 Å². The lowest BCUT2D eigenvalue weighted by Gasteiger charge is -2.25. The first-order valence-corrected chi connectivity index (χ1v) is 9.97. The summed E-state index contributed by atoms with van der Waals surface area (Å²) < 4.78 is 39.0. The van der Waals surface area contributed by atoms with Crippen LogP contribution < -0.4 is 9.47 Å². The highest BCUT2D eigenvalue weighted by Gasteiger charge is 2.33. The second-order valence-corrected chi connectivity index (χ2v) is 8.43. The van der Waals surface area contributed by atoms with Gasteiger partial charge in [0.25, 0.3) is 0 Å². The molecule has 1 heterocycles. The number of hydrogen-bond donors (Lipinski definition) is 0. The minimum Gasteiger partial charge on any atom is -0.490 e. The average Bonchev–Trinajstić information content (AvgIpc) is 2.90. The van der Waals surface area contributed by atoms with E-state index in [2.05, 4.69) is 6.07 Å². The van der Waals surface area contributed by atoms with Crippen LogP contribution in [0.25, 0.3) is 0 Å². The molecule has 0 amide bonds. The van der Waals surface area contributed by atoms with Gasteiger partial charge in [-0.3, -0.25) is 0 Å². The maximum Gasteiger partial charge on any atom is 0.243 e. The molecule has 1 atom stereocenters. The number of ether oxygens (including phenoxy) is 2. The van der Waals surface area contributed by atoms with Crippen LogP contribution in [0.4, 0.5) is 0 Å². The number of nitrogens with zero attached hydrogens (tertiary/aromatic N) is 1. The van der Waals surface area contributed by atoms with E-state index in [0.29, 0.717) is 24.7 Å². The third-order valence-corrected chi connectivity index (χ3v) is 6.80. The molecule has 0 saturated heterocycles. The maximum absolute atomic E-state index is 13.1. The average molecular weight is 359 g/mol. The van der Waals surface area contributed by atoms with Gasteiger partial charge >= 0.3 is 0 Å². The van der Waals surface area contributed by atoms with Gasteiger partial charge in [0, 0.05) is 19.5 Å². The molecule has 4 rings (SSSR count). The SMILES string of the molecule is CN(C1CCc2ccccc21)S(=O)(=O)c1ccc2c(c1)OCCCO2. The van der Waals surface area contributed by atoms with Gasteiger partial charge < -0.3 is 9.47 Å². The maximum atomic E-state index is 13.1. The molecule has 1 aliphatic carbocycles. The third-order valence-electron chi connectivity index (χ3n) is 4.94. The van der Waals surface area contributed by atoms with E-state index in [1.165, 1.54) is 9.87 Å². The van der Waals surface area contributed by atoms with Gasteiger partial charge in [-0.2, -0.15) is 4.31 Å². The Bertz CT molecular complexity index is 894. The predicted octanol–water partition coefficient (Wildman–Crippen LogP) is 3.16. The van der Waals surface area contributed by atoms with Gasteiger partial charge in [-0.05, 0) is 36.1 Å². The van der Waals surface area contributed by atoms with Gasteiger partial charge in [-0.1, -0.05) is 24.3 Å². The summed E-state index contributed by atoms with van der Waals surface area (Å²) in [6.07, 6.45) is 2.50. The number of aryl methyl sites for hydroxylation is 1. The standard InChI is InChI=1S/C19H21NO4S/c1-20(17-9-7-14-5-2-3-6-16(14)17)25(21,22)15-8-10-18-19(13-15)24-12-4-11-23-18/h2-3,5-6,8,10,13,17H,4,7,9,11-12H2,1H3. The van der Waals surface area contributed by atoms with E-state index in [1.807, 2.05) is 18.2 Å². The summed E-state index contributed by atoms with van der Waals surface area (Å²) in [5.41, 5.74) is 2.33. The van der Waals surface area contributed by atoms with Gasteiger partial charge in [0.15, 0.2) is 11.5 Å². The van der Waals surface area contributed by atoms with Gasteiger partial charge in [-0.25, -0.2) is 8.42 Å². The van der Waals surface area contributed by atoms with Crippen molar-refractivity contribution in [3.63, 3.8) is 0 Å². The molecule has 5 nitrogen and oxygen atoms in total. The Morgan fingerprint density at radius 3 is 2.64 bits per heavy atom. The number of benzene rings is 2. The fourth-order valence-electron chi connectivity index (χ4n) is 3.55. The molecule has 6 heteroatoms. The van der Waals surface area contributed by atoms with Crippen molar-refractivity contribution < 1.29 is 17.9 Å². The molecular formula is C19H21NO4S. The van der Waals surface area contributed by atoms with Crippen molar-refractivity contribution in [3.05, 3.63) is 53.6 Å². The van der Waals surface area contributed by atoms with Crippen molar-refractivity contribution in [2.75, 3.05) is 20.3 Å². The van der Waals surface area contributed by atoms with Crippen molar-refractivity contribution in [2.45, 2.75) is 30.2 Å². The second-order valence-electron chi connectivity index (χ2n) is 6.43. The van der Waals surface area contributed by atoms with Crippen molar-refractivity contribution in [2.24, 2.45) is 0 Å². The van der Waals surface area contributed by atoms with Gasteiger partial charge in [-0.15, -0.1) is 0 Å². The monoisotopic (exact) mass is 359 g/mol. The minimum absolute atomic E-state index is 0.128. The van der Waals surface area contributed by atoms with Crippen LogP contribution >= 0.6 is 0 Å². The Labute approximate surface area is 148 Å². The molecule has 25 heavy (non-hydrogen) atoms. The zero-order chi connectivity index (χ0) is 17.4. The predicted molar refractivity (Wildman–Crippen MR) is 94.5 cm³/mol. The fraction of sp³-hybridized carbons (Fsp3) is 0.368. The number of sulfonamides is 1. The van der Waals surface area contributed by atoms with Gasteiger partial charge in [0.05, 0.1) is 24.2 Å². The molecule has 0 radical (unpaired) electrons. The van der Waals surface area contributed by atoms with Crippen molar-refractivity contribution in [1.29, 1.82) is 0 Å². The lowest BCUT2D eigenvalue weighted by molar-refractivity contribution is 0.296. The van der Waals surface area contributed by atoms with E-state index < -0.39 is 10.0 Å². The number of fused-ring (bicyclic) bond motifs is 2. The van der Waals surface area contributed by atoms with Crippen LogP contribution in [0.15, 0.2) is 47.4 Å². The quantitative estimate of drug-likeness (QED) is 0.845. The molecule has 2 aromatic rings. The largest absolute Gasteiger partial charge is 0.490 e. The molecule has 0 fully saturated rings. The first-order chi connectivity index (χ1) is 12.1. The molecule has 2 aliphatic rings. The minimum atomic E-state index is -3.61. The summed E-state index contributed by atoms with van der Waals surface area (Å²) >= 11 is 0. The summed E-state index contributed by atoms with van der Waals surface area (Å²) in [7, 11) is -1.95. The van der Waals surface area contributed by atoms with E-state index in [4.69, 9.17) is 9.47 Å². The highest BCUT2D eigenvalue weighted by Crippen LogP contribution is 2.39. The topological polar surface area (TPSA) is 55.8 Å². The number of hydrogen-bond acceptors (Lipinski definition) is 4. The highest BCUT2D eigenvalue weighted by molar-refractivity contribution is 7.89. The first-order valence-electron chi connectivity index (χ1n) is 8.53. The van der Waals surface area contributed by atoms with Crippen LogP contribution in [0.2, 0.25) is 0 Å². The molecule has 0 bridgehead atoms. The summed E-state index contributed by atoms with van der Waals surface area (Å²) in [5, 5.41) is 0. The first kappa shape index (κ1) is 16.4. The Kier molecular flexibility index (Phi) is 4.17. The summed E-state index contributed by atoms with van der Waals surface area (Å²) in [6.45, 7) is 1.11. The Morgan fingerprint density at radius 2 is 1.80 bits per heavy atom. The van der Waals surface area contributed by atoms with Crippen LogP contribution in [0, 0.1) is 0 Å². The molecule has 1 unspecified atom stereocenters. The Morgan fingerprint density at radius 1 is 1.04 bits per heavy atom. The second kappa shape index (κ2) is 6.35. The molecule has 0 aromatic heterocycles. The molecule has 132 valence electrons. The fourth-order valence-corrected chi connectivity index (χ4v) is 4.93. The zero-order valence-corrected chi connectivity index (χ0v) is 15.0. The van der Waals surface area contributed by atoms with E-state index in [1.54, 1.807) is 25.2 Å². The number of rotatable bonds is 3. The van der Waals surface area contributed by atoms with E-state index in [9.17, 15) is 8.42 Å². The van der Waals surface area contributed by atoms with Crippen molar-refractivity contribution >= 4 is 10.0 Å². The van der Waals surface area contributed by atoms with Crippen LogP contribution in [-0.2, 0) is 16.4 Å². The van der Waals surface area contributed by atoms with Crippen LogP contribution in [0.3, 0.4) is 0 Å². The lowest BCUT2D eigenvalue weighted by Crippen LogP contribution is -2.30. The molecule has 1 aliphatic heterocycles. The van der Waals surface area contributed by atoms with Gasteiger partial charge in [0.2, 0.25) is 10.0 Å². The normalized spacial score (nSPS) is 19.5. The molecule has 2 aromatic carbocycles. The summed E-state index contributed by atoms with van der Waals surface area (Å²) in [5.74, 6) is 1.10. The Balaban J connectivity index is 1.67. The Hall–Kier alpha value is -2.05. The zero-order valence-electron chi connectivity index (χ0n) is 14.1. The molecule has 0 N–H and O–H groups in total.